The number of aryl methyl sites for hydroxylation is 1. The third kappa shape index (κ3) is 2.13. The summed E-state index contributed by atoms with van der Waals surface area (Å²) in [6.07, 6.45) is 0.732. The lowest BCUT2D eigenvalue weighted by Gasteiger charge is -2.07. The van der Waals surface area contributed by atoms with Gasteiger partial charge in [0.05, 0.1) is 29.3 Å². The Kier molecular flexibility index (Phi) is 2.74. The minimum atomic E-state index is -4.32. The van der Waals surface area contributed by atoms with E-state index in [0.29, 0.717) is 11.2 Å². The van der Waals surface area contributed by atoms with Crippen molar-refractivity contribution in [2.24, 2.45) is 0 Å². The zero-order chi connectivity index (χ0) is 14.3. The van der Waals surface area contributed by atoms with E-state index in [1.54, 1.807) is 18.6 Å². The Morgan fingerprint density at radius 3 is 2.35 bits per heavy atom. The molecule has 0 saturated carbocycles. The topological polar surface area (TPSA) is 30.2 Å². The smallest absolute Gasteiger partial charge is 0.297 e. The number of rotatable bonds is 1. The molecule has 0 spiro atoms. The molecule has 3 rings (SSSR count). The average molecular weight is 277 g/mol. The number of imidazole rings is 1. The van der Waals surface area contributed by atoms with Crippen molar-refractivity contribution in [3.8, 4) is 11.3 Å². The molecule has 0 atom stereocenters. The standard InChI is InChI=1S/C14H10F3N3/c1-9-8-20-12(6-19-13(20)7-18-9)10-2-4-11(5-3-10)14(15,16)17/h2-8H,1H3. The highest BCUT2D eigenvalue weighted by Crippen LogP contribution is 2.31. The first kappa shape index (κ1) is 12.7. The van der Waals surface area contributed by atoms with Crippen molar-refractivity contribution in [3.63, 3.8) is 0 Å². The van der Waals surface area contributed by atoms with Crippen molar-refractivity contribution in [1.29, 1.82) is 0 Å². The Morgan fingerprint density at radius 1 is 1.00 bits per heavy atom. The number of aromatic nitrogens is 3. The summed E-state index contributed by atoms with van der Waals surface area (Å²) in [6.45, 7) is 1.84. The van der Waals surface area contributed by atoms with E-state index in [4.69, 9.17) is 0 Å². The molecule has 0 bridgehead atoms. The van der Waals surface area contributed by atoms with Gasteiger partial charge in [-0.2, -0.15) is 13.2 Å². The third-order valence-corrected chi connectivity index (χ3v) is 3.03. The van der Waals surface area contributed by atoms with Gasteiger partial charge in [-0.05, 0) is 19.1 Å². The molecule has 0 radical (unpaired) electrons. The van der Waals surface area contributed by atoms with E-state index in [0.717, 1.165) is 23.5 Å². The van der Waals surface area contributed by atoms with E-state index in [1.807, 2.05) is 11.3 Å². The quantitative estimate of drug-likeness (QED) is 0.678. The Bertz CT molecular complexity index is 757. The minimum absolute atomic E-state index is 0.658. The monoisotopic (exact) mass is 277 g/mol. The third-order valence-electron chi connectivity index (χ3n) is 3.03. The van der Waals surface area contributed by atoms with E-state index >= 15 is 0 Å². The minimum Gasteiger partial charge on any atom is -0.297 e. The van der Waals surface area contributed by atoms with Crippen LogP contribution in [0.3, 0.4) is 0 Å². The summed E-state index contributed by atoms with van der Waals surface area (Å²) in [5.74, 6) is 0. The first-order valence-electron chi connectivity index (χ1n) is 5.92. The van der Waals surface area contributed by atoms with Crippen LogP contribution in [0.15, 0.2) is 42.9 Å². The van der Waals surface area contributed by atoms with Crippen molar-refractivity contribution >= 4 is 5.65 Å². The lowest BCUT2D eigenvalue weighted by Crippen LogP contribution is -2.04. The van der Waals surface area contributed by atoms with Gasteiger partial charge in [-0.25, -0.2) is 4.98 Å². The highest BCUT2D eigenvalue weighted by Gasteiger charge is 2.30. The largest absolute Gasteiger partial charge is 0.416 e. The molecule has 0 aliphatic heterocycles. The van der Waals surface area contributed by atoms with Crippen LogP contribution in [0.4, 0.5) is 13.2 Å². The molecule has 0 N–H and O–H groups in total. The van der Waals surface area contributed by atoms with E-state index in [2.05, 4.69) is 9.97 Å². The number of benzene rings is 1. The second-order valence-electron chi connectivity index (χ2n) is 4.48. The molecule has 0 saturated heterocycles. The van der Waals surface area contributed by atoms with Gasteiger partial charge in [0.15, 0.2) is 5.65 Å². The van der Waals surface area contributed by atoms with Crippen molar-refractivity contribution in [2.45, 2.75) is 13.1 Å². The van der Waals surface area contributed by atoms with E-state index < -0.39 is 11.7 Å². The summed E-state index contributed by atoms with van der Waals surface area (Å²) in [4.78, 5) is 8.31. The van der Waals surface area contributed by atoms with Crippen LogP contribution in [-0.4, -0.2) is 14.4 Å². The zero-order valence-corrected chi connectivity index (χ0v) is 10.5. The Morgan fingerprint density at radius 2 is 1.70 bits per heavy atom. The SMILES string of the molecule is Cc1cn2c(-c3ccc(C(F)(F)F)cc3)cnc2cn1. The number of hydrogen-bond donors (Lipinski definition) is 0. The second-order valence-corrected chi connectivity index (χ2v) is 4.48. The molecule has 0 unspecified atom stereocenters. The maximum Gasteiger partial charge on any atom is 0.416 e. The normalized spacial score (nSPS) is 12.0. The molecular weight excluding hydrogens is 267 g/mol. The van der Waals surface area contributed by atoms with Crippen LogP contribution in [0.1, 0.15) is 11.3 Å². The van der Waals surface area contributed by atoms with Crippen molar-refractivity contribution in [1.82, 2.24) is 14.4 Å². The van der Waals surface area contributed by atoms with Crippen LogP contribution >= 0.6 is 0 Å². The molecule has 0 fully saturated rings. The molecule has 0 aliphatic rings. The van der Waals surface area contributed by atoms with Gasteiger partial charge in [-0.3, -0.25) is 9.38 Å². The molecule has 6 heteroatoms. The second kappa shape index (κ2) is 4.33. The van der Waals surface area contributed by atoms with Gasteiger partial charge in [-0.1, -0.05) is 12.1 Å². The van der Waals surface area contributed by atoms with Gasteiger partial charge in [0.1, 0.15) is 0 Å². The molecular formula is C14H10F3N3. The molecule has 2 heterocycles. The predicted molar refractivity (Wildman–Crippen MR) is 68.2 cm³/mol. The number of fused-ring (bicyclic) bond motifs is 1. The maximum atomic E-state index is 12.5. The number of hydrogen-bond acceptors (Lipinski definition) is 2. The number of halogens is 3. The maximum absolute atomic E-state index is 12.5. The van der Waals surface area contributed by atoms with Gasteiger partial charge in [0.2, 0.25) is 0 Å². The lowest BCUT2D eigenvalue weighted by atomic mass is 10.1. The van der Waals surface area contributed by atoms with Crippen LogP contribution in [0.2, 0.25) is 0 Å². The summed E-state index contributed by atoms with van der Waals surface area (Å²) in [5.41, 5.74) is 2.22. The fraction of sp³-hybridized carbons (Fsp3) is 0.143. The van der Waals surface area contributed by atoms with Crippen molar-refractivity contribution in [3.05, 3.63) is 54.1 Å². The molecule has 3 aromatic rings. The van der Waals surface area contributed by atoms with Gasteiger partial charge in [-0.15, -0.1) is 0 Å². The number of alkyl halides is 3. The van der Waals surface area contributed by atoms with Gasteiger partial charge < -0.3 is 0 Å². The van der Waals surface area contributed by atoms with Crippen LogP contribution in [0.25, 0.3) is 16.9 Å². The number of nitrogens with zero attached hydrogens (tertiary/aromatic N) is 3. The fourth-order valence-corrected chi connectivity index (χ4v) is 2.03. The van der Waals surface area contributed by atoms with Crippen LogP contribution in [0.5, 0.6) is 0 Å². The molecule has 3 nitrogen and oxygen atoms in total. The summed E-state index contributed by atoms with van der Waals surface area (Å²) < 4.78 is 39.4. The highest BCUT2D eigenvalue weighted by atomic mass is 19.4. The lowest BCUT2D eigenvalue weighted by molar-refractivity contribution is -0.137. The first-order chi connectivity index (χ1) is 9.45. The van der Waals surface area contributed by atoms with Crippen LogP contribution < -0.4 is 0 Å². The molecule has 2 aromatic heterocycles. The Labute approximate surface area is 112 Å². The van der Waals surface area contributed by atoms with Gasteiger partial charge in [0, 0.05) is 11.8 Å². The van der Waals surface area contributed by atoms with Gasteiger partial charge >= 0.3 is 6.18 Å². The van der Waals surface area contributed by atoms with Crippen molar-refractivity contribution < 1.29 is 13.2 Å². The van der Waals surface area contributed by atoms with Crippen LogP contribution in [-0.2, 0) is 6.18 Å². The Balaban J connectivity index is 2.09. The van der Waals surface area contributed by atoms with E-state index in [9.17, 15) is 13.2 Å². The van der Waals surface area contributed by atoms with Crippen LogP contribution in [0, 0.1) is 6.92 Å². The fourth-order valence-electron chi connectivity index (χ4n) is 2.03. The summed E-state index contributed by atoms with van der Waals surface area (Å²) in [5, 5.41) is 0. The molecule has 20 heavy (non-hydrogen) atoms. The molecule has 1 aromatic carbocycles. The summed E-state index contributed by atoms with van der Waals surface area (Å²) >= 11 is 0. The van der Waals surface area contributed by atoms with E-state index in [1.165, 1.54) is 12.1 Å². The Hall–Kier alpha value is -2.37. The summed E-state index contributed by atoms with van der Waals surface area (Å²) in [7, 11) is 0. The molecule has 0 aliphatic carbocycles. The first-order valence-corrected chi connectivity index (χ1v) is 5.92. The van der Waals surface area contributed by atoms with Gasteiger partial charge in [0.25, 0.3) is 0 Å². The van der Waals surface area contributed by atoms with E-state index in [-0.39, 0.29) is 0 Å². The summed E-state index contributed by atoms with van der Waals surface area (Å²) in [6, 6.07) is 5.04. The zero-order valence-electron chi connectivity index (χ0n) is 10.5. The molecule has 0 amide bonds. The average Bonchev–Trinajstić information content (AvgIpc) is 2.81. The predicted octanol–water partition coefficient (Wildman–Crippen LogP) is 3.72. The van der Waals surface area contributed by atoms with Crippen molar-refractivity contribution in [2.75, 3.05) is 0 Å². The molecule has 102 valence electrons. The highest BCUT2D eigenvalue weighted by molar-refractivity contribution is 5.63.